The number of imidazole rings is 1. The smallest absolute Gasteiger partial charge is 0.237 e. The fourth-order valence-electron chi connectivity index (χ4n) is 3.82. The molecular weight excluding hydrogens is 366 g/mol. The molecule has 0 spiro atoms. The zero-order valence-corrected chi connectivity index (χ0v) is 15.8. The van der Waals surface area contributed by atoms with Gasteiger partial charge in [0.25, 0.3) is 0 Å². The lowest BCUT2D eigenvalue weighted by atomic mass is 9.95. The first kappa shape index (κ1) is 19.0. The van der Waals surface area contributed by atoms with Gasteiger partial charge in [-0.05, 0) is 26.3 Å². The highest BCUT2D eigenvalue weighted by molar-refractivity contribution is 5.83. The van der Waals surface area contributed by atoms with Crippen LogP contribution in [0.1, 0.15) is 19.8 Å². The Morgan fingerprint density at radius 3 is 3.00 bits per heavy atom. The molecule has 0 aromatic carbocycles. The summed E-state index contributed by atoms with van der Waals surface area (Å²) in [5.74, 6) is 0.361. The van der Waals surface area contributed by atoms with Gasteiger partial charge in [-0.1, -0.05) is 0 Å². The number of rotatable bonds is 5. The van der Waals surface area contributed by atoms with E-state index in [0.717, 1.165) is 19.4 Å². The van der Waals surface area contributed by atoms with Gasteiger partial charge in [0, 0.05) is 7.11 Å². The SMILES string of the molecule is CO[C@H]1[C@H](O)[C@@H](NC(=O)[C@H]2CCCN2)[C@H](C)O[C@@H]1Nc1ncnc2nc[nH]c12. The Labute approximate surface area is 161 Å². The number of aliphatic hydroxyl groups is 1. The number of nitrogens with zero attached hydrogens (tertiary/aromatic N) is 3. The van der Waals surface area contributed by atoms with E-state index in [1.165, 1.54) is 19.8 Å². The van der Waals surface area contributed by atoms with Crippen molar-refractivity contribution >= 4 is 22.9 Å². The lowest BCUT2D eigenvalue weighted by Gasteiger charge is -2.43. The van der Waals surface area contributed by atoms with E-state index in [0.29, 0.717) is 17.0 Å². The molecule has 2 saturated heterocycles. The number of amides is 1. The van der Waals surface area contributed by atoms with E-state index in [2.05, 4.69) is 35.9 Å². The van der Waals surface area contributed by atoms with Crippen LogP contribution in [0.4, 0.5) is 5.82 Å². The fraction of sp³-hybridized carbons (Fsp3) is 0.647. The highest BCUT2D eigenvalue weighted by Crippen LogP contribution is 2.26. The summed E-state index contributed by atoms with van der Waals surface area (Å²) in [5.41, 5.74) is 1.15. The Balaban J connectivity index is 1.48. The molecule has 11 nitrogen and oxygen atoms in total. The molecule has 2 aliphatic heterocycles. The third kappa shape index (κ3) is 3.53. The first-order valence-corrected chi connectivity index (χ1v) is 9.39. The molecule has 11 heteroatoms. The molecule has 6 atom stereocenters. The predicted octanol–water partition coefficient (Wildman–Crippen LogP) is -0.878. The maximum Gasteiger partial charge on any atom is 0.237 e. The molecule has 1 amide bonds. The molecule has 0 bridgehead atoms. The Bertz CT molecular complexity index is 825. The molecule has 2 aromatic rings. The van der Waals surface area contributed by atoms with Gasteiger partial charge in [0.15, 0.2) is 17.7 Å². The number of H-pyrrole nitrogens is 1. The van der Waals surface area contributed by atoms with Crippen molar-refractivity contribution in [1.29, 1.82) is 0 Å². The van der Waals surface area contributed by atoms with Gasteiger partial charge in [-0.15, -0.1) is 0 Å². The second kappa shape index (κ2) is 7.95. The Morgan fingerprint density at radius 2 is 2.25 bits per heavy atom. The van der Waals surface area contributed by atoms with Crippen LogP contribution in [0.2, 0.25) is 0 Å². The highest BCUT2D eigenvalue weighted by atomic mass is 16.6. The van der Waals surface area contributed by atoms with Gasteiger partial charge in [-0.25, -0.2) is 15.0 Å². The first-order valence-electron chi connectivity index (χ1n) is 9.39. The molecule has 0 aliphatic carbocycles. The maximum atomic E-state index is 12.5. The van der Waals surface area contributed by atoms with E-state index in [9.17, 15) is 9.90 Å². The number of methoxy groups -OCH3 is 1. The van der Waals surface area contributed by atoms with Gasteiger partial charge in [0.2, 0.25) is 5.91 Å². The summed E-state index contributed by atoms with van der Waals surface area (Å²) in [7, 11) is 1.49. The molecule has 4 heterocycles. The second-order valence-electron chi connectivity index (χ2n) is 7.10. The molecule has 2 aliphatic rings. The number of hydrogen-bond donors (Lipinski definition) is 5. The van der Waals surface area contributed by atoms with Crippen LogP contribution in [0.15, 0.2) is 12.7 Å². The Hall–Kier alpha value is -2.34. The molecule has 2 aromatic heterocycles. The molecule has 2 fully saturated rings. The Kier molecular flexibility index (Phi) is 5.40. The summed E-state index contributed by atoms with van der Waals surface area (Å²) in [6.07, 6.45) is 1.88. The molecule has 0 saturated carbocycles. The van der Waals surface area contributed by atoms with Crippen molar-refractivity contribution in [2.45, 2.75) is 56.4 Å². The van der Waals surface area contributed by atoms with E-state index in [1.807, 2.05) is 6.92 Å². The molecular formula is C17H25N7O4. The van der Waals surface area contributed by atoms with Crippen LogP contribution >= 0.6 is 0 Å². The van der Waals surface area contributed by atoms with E-state index in [1.54, 1.807) is 0 Å². The number of aromatic amines is 1. The maximum absolute atomic E-state index is 12.5. The lowest BCUT2D eigenvalue weighted by molar-refractivity contribution is -0.182. The molecule has 5 N–H and O–H groups in total. The van der Waals surface area contributed by atoms with Gasteiger partial charge in [0.1, 0.15) is 24.1 Å². The van der Waals surface area contributed by atoms with E-state index in [-0.39, 0.29) is 11.9 Å². The topological polar surface area (TPSA) is 146 Å². The quantitative estimate of drug-likeness (QED) is 0.438. The van der Waals surface area contributed by atoms with E-state index < -0.39 is 30.6 Å². The van der Waals surface area contributed by atoms with E-state index >= 15 is 0 Å². The van der Waals surface area contributed by atoms with Crippen LogP contribution in [0.5, 0.6) is 0 Å². The van der Waals surface area contributed by atoms with Crippen molar-refractivity contribution in [1.82, 2.24) is 30.6 Å². The standard InChI is InChI=1S/C17H25N7O4/c1-8-10(23-16(26)9-4-3-5-18-9)12(25)13(27-2)17(28-8)24-15-11-14(20-6-19-11)21-7-22-15/h6-10,12-13,17-18,25H,3-5H2,1-2H3,(H,23,26)(H2,19,20,21,22,24)/t8-,9+,10-,12+,13-,17-/m0/s1. The van der Waals surface area contributed by atoms with Gasteiger partial charge >= 0.3 is 0 Å². The fourth-order valence-corrected chi connectivity index (χ4v) is 3.82. The lowest BCUT2D eigenvalue weighted by Crippen LogP contribution is -2.65. The number of anilines is 1. The number of nitrogens with one attached hydrogen (secondary N) is 4. The van der Waals surface area contributed by atoms with Crippen LogP contribution in [-0.2, 0) is 14.3 Å². The number of aromatic nitrogens is 4. The van der Waals surface area contributed by atoms with Crippen LogP contribution in [0, 0.1) is 0 Å². The normalized spacial score (nSPS) is 33.1. The molecule has 28 heavy (non-hydrogen) atoms. The van der Waals surface area contributed by atoms with Crippen molar-refractivity contribution in [3.63, 3.8) is 0 Å². The highest BCUT2D eigenvalue weighted by Gasteiger charge is 2.45. The minimum Gasteiger partial charge on any atom is -0.388 e. The van der Waals surface area contributed by atoms with Crippen molar-refractivity contribution in [2.75, 3.05) is 19.0 Å². The number of aliphatic hydroxyl groups excluding tert-OH is 1. The summed E-state index contributed by atoms with van der Waals surface area (Å²) in [5, 5.41) is 20.1. The number of hydrogen-bond acceptors (Lipinski definition) is 9. The monoisotopic (exact) mass is 391 g/mol. The zero-order valence-electron chi connectivity index (χ0n) is 15.8. The summed E-state index contributed by atoms with van der Waals surface area (Å²) >= 11 is 0. The number of carbonyl (C=O) groups excluding carboxylic acids is 1. The summed E-state index contributed by atoms with van der Waals surface area (Å²) in [6.45, 7) is 2.63. The molecule has 0 unspecified atom stereocenters. The summed E-state index contributed by atoms with van der Waals surface area (Å²) in [6, 6.07) is -0.818. The van der Waals surface area contributed by atoms with Crippen LogP contribution in [-0.4, -0.2) is 81.2 Å². The van der Waals surface area contributed by atoms with Crippen molar-refractivity contribution in [2.24, 2.45) is 0 Å². The number of ether oxygens (including phenoxy) is 2. The van der Waals surface area contributed by atoms with Crippen molar-refractivity contribution in [3.8, 4) is 0 Å². The van der Waals surface area contributed by atoms with Crippen LogP contribution in [0.25, 0.3) is 11.2 Å². The summed E-state index contributed by atoms with van der Waals surface area (Å²) < 4.78 is 11.5. The molecule has 0 radical (unpaired) electrons. The van der Waals surface area contributed by atoms with Gasteiger partial charge in [0.05, 0.1) is 24.5 Å². The van der Waals surface area contributed by atoms with Gasteiger partial charge < -0.3 is 35.5 Å². The van der Waals surface area contributed by atoms with Crippen LogP contribution < -0.4 is 16.0 Å². The Morgan fingerprint density at radius 1 is 1.39 bits per heavy atom. The van der Waals surface area contributed by atoms with E-state index in [4.69, 9.17) is 9.47 Å². The summed E-state index contributed by atoms with van der Waals surface area (Å²) in [4.78, 5) is 27.8. The largest absolute Gasteiger partial charge is 0.388 e. The predicted molar refractivity (Wildman–Crippen MR) is 99.4 cm³/mol. The minimum absolute atomic E-state index is 0.131. The molecule has 4 rings (SSSR count). The third-order valence-electron chi connectivity index (χ3n) is 5.33. The third-order valence-corrected chi connectivity index (χ3v) is 5.33. The minimum atomic E-state index is -0.962. The number of carbonyl (C=O) groups is 1. The first-order chi connectivity index (χ1) is 13.6. The number of fused-ring (bicyclic) bond motifs is 1. The van der Waals surface area contributed by atoms with Gasteiger partial charge in [-0.3, -0.25) is 4.79 Å². The van der Waals surface area contributed by atoms with Crippen LogP contribution in [0.3, 0.4) is 0 Å². The van der Waals surface area contributed by atoms with Crippen molar-refractivity contribution in [3.05, 3.63) is 12.7 Å². The molecule has 152 valence electrons. The zero-order chi connectivity index (χ0) is 19.7. The average molecular weight is 391 g/mol. The van der Waals surface area contributed by atoms with Gasteiger partial charge in [-0.2, -0.15) is 0 Å². The second-order valence-corrected chi connectivity index (χ2v) is 7.10. The average Bonchev–Trinajstić information content (AvgIpc) is 3.37. The van der Waals surface area contributed by atoms with Crippen molar-refractivity contribution < 1.29 is 19.4 Å².